The molecule has 0 saturated carbocycles. The third kappa shape index (κ3) is 4.41. The number of amides is 2. The maximum Gasteiger partial charge on any atom is 0.255 e. The molecule has 0 saturated heterocycles. The van der Waals surface area contributed by atoms with Gasteiger partial charge in [0.15, 0.2) is 0 Å². The standard InChI is InChI=1S/C26H32N4O2/c1-3-29(4-2)16-9-15-27-24(31)14-17-30-25(20-11-5-6-12-21(20)26(30)32)22-18-28-23-13-8-7-10-19(22)23/h5-8,10-13,18,25,28H,3-4,9,14-17H2,1-2H3,(H,27,31)/t25-/m0/s1. The fourth-order valence-corrected chi connectivity index (χ4v) is 4.64. The van der Waals surface area contributed by atoms with Crippen LogP contribution in [0.4, 0.5) is 0 Å². The number of hydrogen-bond donors (Lipinski definition) is 2. The highest BCUT2D eigenvalue weighted by Crippen LogP contribution is 2.41. The van der Waals surface area contributed by atoms with E-state index in [0.29, 0.717) is 19.5 Å². The van der Waals surface area contributed by atoms with Gasteiger partial charge in [0, 0.05) is 47.7 Å². The fourth-order valence-electron chi connectivity index (χ4n) is 4.64. The van der Waals surface area contributed by atoms with Crippen molar-refractivity contribution in [2.24, 2.45) is 0 Å². The van der Waals surface area contributed by atoms with Gasteiger partial charge >= 0.3 is 0 Å². The molecule has 6 heteroatoms. The molecule has 0 fully saturated rings. The number of aromatic nitrogens is 1. The van der Waals surface area contributed by atoms with Crippen molar-refractivity contribution in [1.82, 2.24) is 20.1 Å². The highest BCUT2D eigenvalue weighted by atomic mass is 16.2. The first-order valence-corrected chi connectivity index (χ1v) is 11.6. The number of nitrogens with zero attached hydrogens (tertiary/aromatic N) is 2. The molecule has 0 aliphatic carbocycles. The molecule has 1 atom stereocenters. The molecule has 2 amide bonds. The van der Waals surface area contributed by atoms with Gasteiger partial charge in [0.2, 0.25) is 5.91 Å². The van der Waals surface area contributed by atoms with Crippen molar-refractivity contribution in [3.8, 4) is 0 Å². The number of carbonyl (C=O) groups excluding carboxylic acids is 2. The normalized spacial score (nSPS) is 15.5. The summed E-state index contributed by atoms with van der Waals surface area (Å²) >= 11 is 0. The Kier molecular flexibility index (Phi) is 6.90. The molecule has 32 heavy (non-hydrogen) atoms. The molecular weight excluding hydrogens is 400 g/mol. The molecule has 168 valence electrons. The van der Waals surface area contributed by atoms with Crippen molar-refractivity contribution < 1.29 is 9.59 Å². The summed E-state index contributed by atoms with van der Waals surface area (Å²) in [4.78, 5) is 33.2. The zero-order chi connectivity index (χ0) is 22.5. The molecular formula is C26H32N4O2. The average Bonchev–Trinajstić information content (AvgIpc) is 3.36. The van der Waals surface area contributed by atoms with Crippen LogP contribution >= 0.6 is 0 Å². The molecule has 0 bridgehead atoms. The molecule has 4 rings (SSSR count). The highest BCUT2D eigenvalue weighted by molar-refractivity contribution is 6.01. The summed E-state index contributed by atoms with van der Waals surface area (Å²) in [6.07, 6.45) is 3.22. The summed E-state index contributed by atoms with van der Waals surface area (Å²) < 4.78 is 0. The summed E-state index contributed by atoms with van der Waals surface area (Å²) in [5.74, 6) is -0.0174. The van der Waals surface area contributed by atoms with Crippen molar-refractivity contribution in [3.63, 3.8) is 0 Å². The molecule has 0 spiro atoms. The van der Waals surface area contributed by atoms with Crippen molar-refractivity contribution in [1.29, 1.82) is 0 Å². The first-order valence-electron chi connectivity index (χ1n) is 11.6. The topological polar surface area (TPSA) is 68.4 Å². The number of carbonyl (C=O) groups is 2. The molecule has 1 aromatic heterocycles. The summed E-state index contributed by atoms with van der Waals surface area (Å²) in [6, 6.07) is 15.7. The van der Waals surface area contributed by atoms with E-state index in [1.807, 2.05) is 53.6 Å². The van der Waals surface area contributed by atoms with Crippen LogP contribution in [0, 0.1) is 0 Å². The minimum absolute atomic E-state index is 0.00835. The quantitative estimate of drug-likeness (QED) is 0.477. The van der Waals surface area contributed by atoms with Crippen LogP contribution in [-0.4, -0.2) is 59.3 Å². The van der Waals surface area contributed by atoms with Crippen LogP contribution in [-0.2, 0) is 4.79 Å². The van der Waals surface area contributed by atoms with E-state index < -0.39 is 0 Å². The molecule has 0 unspecified atom stereocenters. The van der Waals surface area contributed by atoms with Crippen LogP contribution in [0.3, 0.4) is 0 Å². The zero-order valence-electron chi connectivity index (χ0n) is 18.9. The monoisotopic (exact) mass is 432 g/mol. The van der Waals surface area contributed by atoms with E-state index in [1.54, 1.807) is 0 Å². The minimum atomic E-state index is -0.190. The summed E-state index contributed by atoms with van der Waals surface area (Å²) in [5.41, 5.74) is 3.84. The first kappa shape index (κ1) is 22.1. The molecule has 1 aliphatic heterocycles. The number of nitrogens with one attached hydrogen (secondary N) is 2. The average molecular weight is 433 g/mol. The van der Waals surface area contributed by atoms with Gasteiger partial charge in [0.25, 0.3) is 5.91 Å². The Labute approximate surface area is 189 Å². The Bertz CT molecular complexity index is 1090. The molecule has 0 radical (unpaired) electrons. The lowest BCUT2D eigenvalue weighted by Crippen LogP contribution is -2.35. The Morgan fingerprint density at radius 3 is 2.62 bits per heavy atom. The predicted octanol–water partition coefficient (Wildman–Crippen LogP) is 3.95. The fraction of sp³-hybridized carbons (Fsp3) is 0.385. The second-order valence-corrected chi connectivity index (χ2v) is 8.26. The maximum atomic E-state index is 13.2. The molecule has 3 aromatic rings. The molecule has 2 aromatic carbocycles. The Hall–Kier alpha value is -3.12. The molecule has 1 aliphatic rings. The van der Waals surface area contributed by atoms with E-state index in [4.69, 9.17) is 0 Å². The van der Waals surface area contributed by atoms with Crippen LogP contribution < -0.4 is 5.32 Å². The molecule has 6 nitrogen and oxygen atoms in total. The summed E-state index contributed by atoms with van der Waals surface area (Å²) in [5, 5.41) is 4.12. The number of para-hydroxylation sites is 1. The van der Waals surface area contributed by atoms with E-state index in [0.717, 1.165) is 53.6 Å². The summed E-state index contributed by atoms with van der Waals surface area (Å²) in [6.45, 7) is 8.38. The number of H-pyrrole nitrogens is 1. The van der Waals surface area contributed by atoms with Crippen LogP contribution in [0.1, 0.15) is 54.2 Å². The van der Waals surface area contributed by atoms with Crippen LogP contribution in [0.15, 0.2) is 54.7 Å². The third-order valence-electron chi connectivity index (χ3n) is 6.42. The van der Waals surface area contributed by atoms with Gasteiger partial charge in [0.1, 0.15) is 0 Å². The lowest BCUT2D eigenvalue weighted by atomic mass is 9.97. The van der Waals surface area contributed by atoms with E-state index in [1.165, 1.54) is 0 Å². The van der Waals surface area contributed by atoms with Crippen molar-refractivity contribution in [2.45, 2.75) is 32.7 Å². The number of fused-ring (bicyclic) bond motifs is 2. The van der Waals surface area contributed by atoms with E-state index >= 15 is 0 Å². The van der Waals surface area contributed by atoms with Crippen molar-refractivity contribution in [3.05, 3.63) is 71.4 Å². The van der Waals surface area contributed by atoms with Crippen molar-refractivity contribution in [2.75, 3.05) is 32.7 Å². The lowest BCUT2D eigenvalue weighted by Gasteiger charge is -2.25. The smallest absolute Gasteiger partial charge is 0.255 e. The Balaban J connectivity index is 1.45. The van der Waals surface area contributed by atoms with Gasteiger partial charge in [-0.1, -0.05) is 50.2 Å². The highest BCUT2D eigenvalue weighted by Gasteiger charge is 2.38. The third-order valence-corrected chi connectivity index (χ3v) is 6.42. The SMILES string of the molecule is CCN(CC)CCCNC(=O)CCN1C(=O)c2ccccc2[C@H]1c1c[nH]c2ccccc12. The van der Waals surface area contributed by atoms with Crippen LogP contribution in [0.25, 0.3) is 10.9 Å². The van der Waals surface area contributed by atoms with Gasteiger partial charge < -0.3 is 20.1 Å². The second kappa shape index (κ2) is 10.0. The molecule has 2 N–H and O–H groups in total. The zero-order valence-corrected chi connectivity index (χ0v) is 18.9. The van der Waals surface area contributed by atoms with Gasteiger partial charge in [-0.15, -0.1) is 0 Å². The molecule has 2 heterocycles. The van der Waals surface area contributed by atoms with Gasteiger partial charge in [-0.25, -0.2) is 0 Å². The Morgan fingerprint density at radius 2 is 1.81 bits per heavy atom. The Morgan fingerprint density at radius 1 is 1.06 bits per heavy atom. The maximum absolute atomic E-state index is 13.2. The largest absolute Gasteiger partial charge is 0.361 e. The van der Waals surface area contributed by atoms with Gasteiger partial charge in [-0.3, -0.25) is 9.59 Å². The van der Waals surface area contributed by atoms with Crippen LogP contribution in [0.2, 0.25) is 0 Å². The van der Waals surface area contributed by atoms with E-state index in [9.17, 15) is 9.59 Å². The first-order chi connectivity index (χ1) is 15.6. The lowest BCUT2D eigenvalue weighted by molar-refractivity contribution is -0.121. The number of hydrogen-bond acceptors (Lipinski definition) is 3. The number of rotatable bonds is 10. The van der Waals surface area contributed by atoms with E-state index in [-0.39, 0.29) is 17.9 Å². The van der Waals surface area contributed by atoms with Gasteiger partial charge in [-0.05, 0) is 43.8 Å². The van der Waals surface area contributed by atoms with Gasteiger partial charge in [-0.2, -0.15) is 0 Å². The van der Waals surface area contributed by atoms with Crippen molar-refractivity contribution >= 4 is 22.7 Å². The summed E-state index contributed by atoms with van der Waals surface area (Å²) in [7, 11) is 0. The predicted molar refractivity (Wildman–Crippen MR) is 128 cm³/mol. The van der Waals surface area contributed by atoms with Gasteiger partial charge in [0.05, 0.1) is 6.04 Å². The number of benzene rings is 2. The number of aromatic amines is 1. The van der Waals surface area contributed by atoms with E-state index in [2.05, 4.69) is 35.1 Å². The van der Waals surface area contributed by atoms with Crippen LogP contribution in [0.5, 0.6) is 0 Å². The second-order valence-electron chi connectivity index (χ2n) is 8.26. The minimum Gasteiger partial charge on any atom is -0.361 e.